The highest BCUT2D eigenvalue weighted by Gasteiger charge is 2.25. The van der Waals surface area contributed by atoms with Crippen LogP contribution >= 0.6 is 15.9 Å². The molecule has 30 heavy (non-hydrogen) atoms. The van der Waals surface area contributed by atoms with E-state index in [4.69, 9.17) is 9.57 Å². The molecule has 2 rings (SSSR count). The summed E-state index contributed by atoms with van der Waals surface area (Å²) in [6.45, 7) is 6.35. The average Bonchev–Trinajstić information content (AvgIpc) is 2.71. The number of Topliss-reactive ketones (excluding diaryl/α,β-unsaturated/α-hetero) is 1. The first kappa shape index (κ1) is 24.1. The zero-order valence-electron chi connectivity index (χ0n) is 17.6. The van der Waals surface area contributed by atoms with Crippen molar-refractivity contribution in [1.29, 1.82) is 0 Å². The number of carbonyl (C=O) groups excluding carboxylic acids is 2. The van der Waals surface area contributed by atoms with Gasteiger partial charge in [-0.05, 0) is 50.5 Å². The number of halogens is 1. The molecule has 0 radical (unpaired) electrons. The summed E-state index contributed by atoms with van der Waals surface area (Å²) in [5.41, 5.74) is 1.94. The summed E-state index contributed by atoms with van der Waals surface area (Å²) >= 11 is 3.43. The molecule has 0 aliphatic rings. The van der Waals surface area contributed by atoms with Crippen molar-refractivity contribution < 1.29 is 19.2 Å². The van der Waals surface area contributed by atoms with Crippen molar-refractivity contribution in [3.05, 3.63) is 70.2 Å². The summed E-state index contributed by atoms with van der Waals surface area (Å²) in [5.74, 6) is -0.0211. The molecular weight excluding hydrogens is 448 g/mol. The normalized spacial score (nSPS) is 12.1. The second kappa shape index (κ2) is 12.5. The Morgan fingerprint density at radius 1 is 1.03 bits per heavy atom. The van der Waals surface area contributed by atoms with Gasteiger partial charge in [0.05, 0.1) is 12.1 Å². The number of amides is 1. The van der Waals surface area contributed by atoms with Gasteiger partial charge >= 0.3 is 6.09 Å². The second-order valence-electron chi connectivity index (χ2n) is 7.26. The fraction of sp³-hybridized carbons (Fsp3) is 0.391. The third-order valence-electron chi connectivity index (χ3n) is 4.31. The molecule has 1 amide bonds. The molecule has 1 N–H and O–H groups in total. The van der Waals surface area contributed by atoms with Gasteiger partial charge in [0.25, 0.3) is 0 Å². The second-order valence-corrected chi connectivity index (χ2v) is 8.18. The van der Waals surface area contributed by atoms with Gasteiger partial charge in [-0.3, -0.25) is 9.63 Å². The molecule has 0 saturated heterocycles. The molecule has 0 heterocycles. The highest BCUT2D eigenvalue weighted by Crippen LogP contribution is 2.17. The minimum Gasteiger partial charge on any atom is -0.445 e. The third kappa shape index (κ3) is 8.65. The molecule has 2 aromatic rings. The van der Waals surface area contributed by atoms with Gasteiger partial charge in [-0.1, -0.05) is 58.4 Å². The van der Waals surface area contributed by atoms with Crippen LogP contribution in [0.3, 0.4) is 0 Å². The molecule has 2 aromatic carbocycles. The summed E-state index contributed by atoms with van der Waals surface area (Å²) in [5, 5.41) is 4.42. The number of hydroxylamine groups is 2. The highest BCUT2D eigenvalue weighted by molar-refractivity contribution is 9.10. The molecule has 1 atom stereocenters. The van der Waals surface area contributed by atoms with E-state index in [0.717, 1.165) is 15.6 Å². The number of benzene rings is 2. The summed E-state index contributed by atoms with van der Waals surface area (Å²) in [6, 6.07) is 16.9. The Morgan fingerprint density at radius 3 is 2.30 bits per heavy atom. The van der Waals surface area contributed by atoms with Gasteiger partial charge in [0.2, 0.25) is 0 Å². The predicted molar refractivity (Wildman–Crippen MR) is 120 cm³/mol. The number of nitrogens with zero attached hydrogens (tertiary/aromatic N) is 1. The van der Waals surface area contributed by atoms with Gasteiger partial charge in [0.15, 0.2) is 0 Å². The summed E-state index contributed by atoms with van der Waals surface area (Å²) in [4.78, 5) is 30.2. The number of carbonyl (C=O) groups is 2. The lowest BCUT2D eigenvalue weighted by Crippen LogP contribution is -2.43. The van der Waals surface area contributed by atoms with Crippen LogP contribution in [0, 0.1) is 0 Å². The lowest BCUT2D eigenvalue weighted by Gasteiger charge is -2.31. The van der Waals surface area contributed by atoms with E-state index < -0.39 is 12.1 Å². The van der Waals surface area contributed by atoms with Crippen molar-refractivity contribution in [3.63, 3.8) is 0 Å². The van der Waals surface area contributed by atoms with Gasteiger partial charge < -0.3 is 10.1 Å². The zero-order chi connectivity index (χ0) is 21.9. The molecule has 0 fully saturated rings. The van der Waals surface area contributed by atoms with E-state index in [1.165, 1.54) is 6.92 Å². The standard InChI is InChI=1S/C23H29BrN2O4/c1-17(2)30-26(15-19-9-11-21(24)12-10-19)22(18(3)27)13-14-25-23(28)29-16-20-7-5-4-6-8-20/h4-12,17,22H,13-16H2,1-3H3,(H,25,28)/t22-/m1/s1. The SMILES string of the molecule is CC(=O)[C@@H](CCNC(=O)OCc1ccccc1)N(Cc1ccc(Br)cc1)OC(C)C. The Kier molecular flexibility index (Phi) is 10.00. The average molecular weight is 477 g/mol. The zero-order valence-corrected chi connectivity index (χ0v) is 19.2. The lowest BCUT2D eigenvalue weighted by atomic mass is 10.1. The Hall–Kier alpha value is -2.22. The van der Waals surface area contributed by atoms with Crippen LogP contribution in [0.15, 0.2) is 59.1 Å². The molecule has 0 spiro atoms. The van der Waals surface area contributed by atoms with Crippen LogP contribution in [0.1, 0.15) is 38.3 Å². The Balaban J connectivity index is 1.91. The number of rotatable bonds is 11. The molecular formula is C23H29BrN2O4. The molecule has 162 valence electrons. The van der Waals surface area contributed by atoms with Crippen LogP contribution in [0.2, 0.25) is 0 Å². The first-order valence-electron chi connectivity index (χ1n) is 9.98. The van der Waals surface area contributed by atoms with Crippen LogP contribution in [0.25, 0.3) is 0 Å². The smallest absolute Gasteiger partial charge is 0.407 e. The van der Waals surface area contributed by atoms with Crippen LogP contribution in [-0.2, 0) is 27.5 Å². The van der Waals surface area contributed by atoms with E-state index in [1.807, 2.05) is 68.4 Å². The maximum atomic E-state index is 12.3. The van der Waals surface area contributed by atoms with Crippen molar-refractivity contribution in [2.24, 2.45) is 0 Å². The van der Waals surface area contributed by atoms with Crippen LogP contribution in [0.5, 0.6) is 0 Å². The van der Waals surface area contributed by atoms with Gasteiger partial charge in [-0.15, -0.1) is 0 Å². The van der Waals surface area contributed by atoms with Crippen molar-refractivity contribution in [1.82, 2.24) is 10.4 Å². The Labute approximate surface area is 186 Å². The van der Waals surface area contributed by atoms with Crippen molar-refractivity contribution in [2.75, 3.05) is 6.54 Å². The van der Waals surface area contributed by atoms with E-state index in [0.29, 0.717) is 19.5 Å². The minimum absolute atomic E-state index is 0.0211. The monoisotopic (exact) mass is 476 g/mol. The van der Waals surface area contributed by atoms with Crippen LogP contribution in [-0.4, -0.2) is 35.6 Å². The van der Waals surface area contributed by atoms with Crippen molar-refractivity contribution in [2.45, 2.75) is 52.5 Å². The van der Waals surface area contributed by atoms with E-state index >= 15 is 0 Å². The minimum atomic E-state index is -0.509. The van der Waals surface area contributed by atoms with Crippen LogP contribution in [0.4, 0.5) is 4.79 Å². The topological polar surface area (TPSA) is 67.9 Å². The Bertz CT molecular complexity index is 797. The summed E-state index contributed by atoms with van der Waals surface area (Å²) < 4.78 is 6.21. The Morgan fingerprint density at radius 2 is 1.70 bits per heavy atom. The highest BCUT2D eigenvalue weighted by atomic mass is 79.9. The molecule has 0 aromatic heterocycles. The number of hydrogen-bond donors (Lipinski definition) is 1. The van der Waals surface area contributed by atoms with Gasteiger partial charge in [0.1, 0.15) is 12.4 Å². The number of ketones is 1. The number of hydrogen-bond acceptors (Lipinski definition) is 5. The molecule has 0 bridgehead atoms. The summed E-state index contributed by atoms with van der Waals surface area (Å²) in [6.07, 6.45) is -0.171. The van der Waals surface area contributed by atoms with Crippen molar-refractivity contribution in [3.8, 4) is 0 Å². The van der Waals surface area contributed by atoms with E-state index in [2.05, 4.69) is 21.2 Å². The van der Waals surface area contributed by atoms with Gasteiger partial charge in [-0.2, -0.15) is 5.06 Å². The molecule has 0 aliphatic carbocycles. The molecule has 6 nitrogen and oxygen atoms in total. The predicted octanol–water partition coefficient (Wildman–Crippen LogP) is 4.87. The summed E-state index contributed by atoms with van der Waals surface area (Å²) in [7, 11) is 0. The van der Waals surface area contributed by atoms with Gasteiger partial charge in [0, 0.05) is 17.6 Å². The number of alkyl carbamates (subject to hydrolysis) is 1. The van der Waals surface area contributed by atoms with Gasteiger partial charge in [-0.25, -0.2) is 4.79 Å². The van der Waals surface area contributed by atoms with Crippen molar-refractivity contribution >= 4 is 27.8 Å². The first-order valence-corrected chi connectivity index (χ1v) is 10.8. The van der Waals surface area contributed by atoms with E-state index in [-0.39, 0.29) is 18.5 Å². The fourth-order valence-electron chi connectivity index (χ4n) is 2.90. The largest absolute Gasteiger partial charge is 0.445 e. The molecule has 0 saturated carbocycles. The first-order chi connectivity index (χ1) is 14.3. The molecule has 7 heteroatoms. The molecule has 0 unspecified atom stereocenters. The number of ether oxygens (including phenoxy) is 1. The lowest BCUT2D eigenvalue weighted by molar-refractivity contribution is -0.218. The fourth-order valence-corrected chi connectivity index (χ4v) is 3.16. The van der Waals surface area contributed by atoms with Crippen LogP contribution < -0.4 is 5.32 Å². The maximum Gasteiger partial charge on any atom is 0.407 e. The van der Waals surface area contributed by atoms with E-state index in [9.17, 15) is 9.59 Å². The number of nitrogens with one attached hydrogen (secondary N) is 1. The third-order valence-corrected chi connectivity index (χ3v) is 4.84. The molecule has 0 aliphatic heterocycles. The quantitative estimate of drug-likeness (QED) is 0.468. The van der Waals surface area contributed by atoms with E-state index in [1.54, 1.807) is 5.06 Å². The maximum absolute atomic E-state index is 12.3.